The molecule has 0 radical (unpaired) electrons. The molecular weight excluding hydrogens is 122 g/mol. The summed E-state index contributed by atoms with van der Waals surface area (Å²) in [6, 6.07) is 0. The van der Waals surface area contributed by atoms with Crippen molar-refractivity contribution in [2.75, 3.05) is 13.1 Å². The average molecular weight is 137 g/mol. The van der Waals surface area contributed by atoms with Crippen LogP contribution < -0.4 is 0 Å². The van der Waals surface area contributed by atoms with E-state index in [1.807, 2.05) is 6.08 Å². The van der Waals surface area contributed by atoms with Crippen molar-refractivity contribution in [3.8, 4) is 0 Å². The molecule has 0 unspecified atom stereocenters. The van der Waals surface area contributed by atoms with Crippen molar-refractivity contribution in [1.82, 2.24) is 4.90 Å². The molecule has 0 N–H and O–H groups in total. The Balaban J connectivity index is 2.39. The Kier molecular flexibility index (Phi) is 2.55. The molecule has 0 aromatic carbocycles. The van der Waals surface area contributed by atoms with Crippen molar-refractivity contribution in [1.29, 1.82) is 0 Å². The van der Waals surface area contributed by atoms with Crippen molar-refractivity contribution < 1.29 is 0 Å². The van der Waals surface area contributed by atoms with Crippen LogP contribution in [0.25, 0.3) is 0 Å². The summed E-state index contributed by atoms with van der Waals surface area (Å²) in [7, 11) is 0. The first kappa shape index (κ1) is 7.39. The maximum absolute atomic E-state index is 3.99. The van der Waals surface area contributed by atoms with Crippen molar-refractivity contribution in [3.63, 3.8) is 0 Å². The number of nitrogens with zero attached hydrogens (tertiary/aromatic N) is 1. The lowest BCUT2D eigenvalue weighted by Crippen LogP contribution is -2.27. The minimum Gasteiger partial charge on any atom is -0.372 e. The first-order chi connectivity index (χ1) is 4.84. The summed E-state index contributed by atoms with van der Waals surface area (Å²) in [4.78, 5) is 2.30. The molecule has 0 aromatic heterocycles. The van der Waals surface area contributed by atoms with Crippen molar-refractivity contribution in [2.24, 2.45) is 0 Å². The standard InChI is InChI=1S/C9H15N/c1-3-7-10-8-5-4-6-9(10)2/h3H,1-2,4-8H2. The minimum absolute atomic E-state index is 0.971. The van der Waals surface area contributed by atoms with E-state index in [4.69, 9.17) is 0 Å². The van der Waals surface area contributed by atoms with E-state index in [0.29, 0.717) is 0 Å². The molecule has 56 valence electrons. The van der Waals surface area contributed by atoms with Crippen LogP contribution in [0.4, 0.5) is 0 Å². The zero-order chi connectivity index (χ0) is 7.40. The third-order valence-corrected chi connectivity index (χ3v) is 1.94. The van der Waals surface area contributed by atoms with Crippen LogP contribution in [0.15, 0.2) is 24.9 Å². The Morgan fingerprint density at radius 3 is 2.90 bits per heavy atom. The van der Waals surface area contributed by atoms with Gasteiger partial charge in [0.1, 0.15) is 0 Å². The van der Waals surface area contributed by atoms with Gasteiger partial charge in [0.2, 0.25) is 0 Å². The van der Waals surface area contributed by atoms with E-state index in [9.17, 15) is 0 Å². The van der Waals surface area contributed by atoms with Crippen molar-refractivity contribution in [3.05, 3.63) is 24.9 Å². The number of allylic oxidation sites excluding steroid dienone is 1. The Labute approximate surface area is 63.0 Å². The monoisotopic (exact) mass is 137 g/mol. The molecule has 1 fully saturated rings. The second-order valence-electron chi connectivity index (χ2n) is 2.76. The van der Waals surface area contributed by atoms with Gasteiger partial charge >= 0.3 is 0 Å². The molecule has 0 spiro atoms. The van der Waals surface area contributed by atoms with Gasteiger partial charge < -0.3 is 4.90 Å². The molecule has 1 heterocycles. The highest BCUT2D eigenvalue weighted by molar-refractivity contribution is 4.98. The zero-order valence-corrected chi connectivity index (χ0v) is 6.47. The fourth-order valence-corrected chi connectivity index (χ4v) is 1.32. The normalized spacial score (nSPS) is 19.2. The van der Waals surface area contributed by atoms with Crippen LogP contribution in [-0.4, -0.2) is 18.0 Å². The molecule has 10 heavy (non-hydrogen) atoms. The third-order valence-electron chi connectivity index (χ3n) is 1.94. The van der Waals surface area contributed by atoms with E-state index in [1.54, 1.807) is 0 Å². The van der Waals surface area contributed by atoms with E-state index < -0.39 is 0 Å². The second kappa shape index (κ2) is 3.45. The van der Waals surface area contributed by atoms with E-state index in [1.165, 1.54) is 31.5 Å². The summed E-state index contributed by atoms with van der Waals surface area (Å²) in [5.41, 5.74) is 1.28. The van der Waals surface area contributed by atoms with E-state index in [0.717, 1.165) is 6.54 Å². The van der Waals surface area contributed by atoms with Gasteiger partial charge in [-0.2, -0.15) is 0 Å². The maximum atomic E-state index is 3.99. The lowest BCUT2D eigenvalue weighted by atomic mass is 10.1. The van der Waals surface area contributed by atoms with Crippen molar-refractivity contribution >= 4 is 0 Å². The summed E-state index contributed by atoms with van der Waals surface area (Å²) < 4.78 is 0. The number of rotatable bonds is 2. The predicted octanol–water partition coefficient (Wildman–Crippen LogP) is 2.17. The number of hydrogen-bond acceptors (Lipinski definition) is 1. The van der Waals surface area contributed by atoms with E-state index in [2.05, 4.69) is 18.1 Å². The van der Waals surface area contributed by atoms with E-state index >= 15 is 0 Å². The van der Waals surface area contributed by atoms with Gasteiger partial charge in [-0.3, -0.25) is 0 Å². The Morgan fingerprint density at radius 1 is 1.50 bits per heavy atom. The van der Waals surface area contributed by atoms with Gasteiger partial charge in [-0.05, 0) is 19.3 Å². The Morgan fingerprint density at radius 2 is 2.30 bits per heavy atom. The molecule has 1 aliphatic heterocycles. The van der Waals surface area contributed by atoms with E-state index in [-0.39, 0.29) is 0 Å². The fraction of sp³-hybridized carbons (Fsp3) is 0.556. The molecule has 1 nitrogen and oxygen atoms in total. The van der Waals surface area contributed by atoms with Crippen LogP contribution in [0.2, 0.25) is 0 Å². The predicted molar refractivity (Wildman–Crippen MR) is 44.8 cm³/mol. The van der Waals surface area contributed by atoms with Gasteiger partial charge in [0.05, 0.1) is 0 Å². The Hall–Kier alpha value is -0.720. The number of piperidine rings is 1. The van der Waals surface area contributed by atoms with Gasteiger partial charge in [-0.1, -0.05) is 12.7 Å². The molecule has 0 saturated carbocycles. The minimum atomic E-state index is 0.971. The smallest absolute Gasteiger partial charge is 0.0353 e. The van der Waals surface area contributed by atoms with Crippen LogP contribution in [0.1, 0.15) is 19.3 Å². The first-order valence-electron chi connectivity index (χ1n) is 3.88. The van der Waals surface area contributed by atoms with Gasteiger partial charge in [0.25, 0.3) is 0 Å². The Bertz CT molecular complexity index is 138. The van der Waals surface area contributed by atoms with Gasteiger partial charge in [0.15, 0.2) is 0 Å². The summed E-state index contributed by atoms with van der Waals surface area (Å²) in [6.45, 7) is 9.84. The fourth-order valence-electron chi connectivity index (χ4n) is 1.32. The van der Waals surface area contributed by atoms with Crippen LogP contribution in [0.5, 0.6) is 0 Å². The summed E-state index contributed by atoms with van der Waals surface area (Å²) >= 11 is 0. The molecule has 0 aromatic rings. The largest absolute Gasteiger partial charge is 0.372 e. The summed E-state index contributed by atoms with van der Waals surface area (Å²) in [5, 5.41) is 0. The SMILES string of the molecule is C=CCN1CCCCC1=C. The third kappa shape index (κ3) is 1.63. The number of likely N-dealkylation sites (tertiary alicyclic amines) is 1. The summed E-state index contributed by atoms with van der Waals surface area (Å²) in [5.74, 6) is 0. The first-order valence-corrected chi connectivity index (χ1v) is 3.88. The van der Waals surface area contributed by atoms with Gasteiger partial charge in [-0.15, -0.1) is 6.58 Å². The van der Waals surface area contributed by atoms with Crippen LogP contribution >= 0.6 is 0 Å². The molecule has 1 aliphatic rings. The average Bonchev–Trinajstić information content (AvgIpc) is 1.94. The highest BCUT2D eigenvalue weighted by Crippen LogP contribution is 2.17. The zero-order valence-electron chi connectivity index (χ0n) is 6.47. The lowest BCUT2D eigenvalue weighted by Gasteiger charge is -2.29. The molecule has 0 atom stereocenters. The maximum Gasteiger partial charge on any atom is 0.0353 e. The lowest BCUT2D eigenvalue weighted by molar-refractivity contribution is 0.318. The molecular formula is C9H15N. The van der Waals surface area contributed by atoms with Crippen LogP contribution in [0.3, 0.4) is 0 Å². The molecule has 1 rings (SSSR count). The highest BCUT2D eigenvalue weighted by atomic mass is 15.1. The topological polar surface area (TPSA) is 3.24 Å². The molecule has 0 bridgehead atoms. The quantitative estimate of drug-likeness (QED) is 0.527. The van der Waals surface area contributed by atoms with Gasteiger partial charge in [0, 0.05) is 18.8 Å². The molecule has 1 saturated heterocycles. The molecule has 1 heteroatoms. The highest BCUT2D eigenvalue weighted by Gasteiger charge is 2.09. The van der Waals surface area contributed by atoms with Crippen LogP contribution in [0, 0.1) is 0 Å². The van der Waals surface area contributed by atoms with Crippen molar-refractivity contribution in [2.45, 2.75) is 19.3 Å². The van der Waals surface area contributed by atoms with Crippen LogP contribution in [-0.2, 0) is 0 Å². The van der Waals surface area contributed by atoms with Gasteiger partial charge in [-0.25, -0.2) is 0 Å². The molecule has 0 amide bonds. The second-order valence-corrected chi connectivity index (χ2v) is 2.76. The summed E-state index contributed by atoms with van der Waals surface area (Å²) in [6.07, 6.45) is 5.74. The molecule has 0 aliphatic carbocycles. The number of hydrogen-bond donors (Lipinski definition) is 0.